The minimum Gasteiger partial charge on any atom is -0.479 e. The average molecular weight is 469 g/mol. The van der Waals surface area contributed by atoms with Gasteiger partial charge in [0.15, 0.2) is 6.10 Å². The molecule has 0 saturated heterocycles. The molecule has 0 fully saturated rings. The smallest absolute Gasteiger partial charge is 0.204 e. The van der Waals surface area contributed by atoms with Gasteiger partial charge in [-0.25, -0.2) is 0 Å². The molecule has 4 aromatic rings. The van der Waals surface area contributed by atoms with E-state index in [2.05, 4.69) is 27.0 Å². The van der Waals surface area contributed by atoms with E-state index in [-0.39, 0.29) is 5.78 Å². The second-order valence-corrected chi connectivity index (χ2v) is 8.32. The lowest BCUT2D eigenvalue weighted by molar-refractivity contribution is 0.0754. The van der Waals surface area contributed by atoms with Crippen molar-refractivity contribution >= 4 is 38.4 Å². The molecule has 0 bridgehead atoms. The monoisotopic (exact) mass is 468 g/mol. The van der Waals surface area contributed by atoms with E-state index >= 15 is 0 Å². The molecular weight excluding hydrogens is 452 g/mol. The van der Waals surface area contributed by atoms with E-state index in [1.165, 1.54) is 0 Å². The fraction of sp³-hybridized carbons (Fsp3) is 0.0769. The van der Waals surface area contributed by atoms with Crippen LogP contribution >= 0.6 is 15.9 Å². The number of ether oxygens (including phenoxy) is 1. The minimum atomic E-state index is -0.824. The lowest BCUT2D eigenvalue weighted by Gasteiger charge is -2.19. The SMILES string of the molecule is N#CC1=C(c2c[nH]c3ccccc23)O[C@@H](C(=O)c2ccccc2)[C@@H]1c1cccc(Br)c1. The lowest BCUT2D eigenvalue weighted by Crippen LogP contribution is -2.27. The number of aromatic amines is 1. The summed E-state index contributed by atoms with van der Waals surface area (Å²) >= 11 is 3.51. The van der Waals surface area contributed by atoms with Crippen molar-refractivity contribution < 1.29 is 9.53 Å². The second-order valence-electron chi connectivity index (χ2n) is 7.40. The van der Waals surface area contributed by atoms with Crippen LogP contribution in [0, 0.1) is 11.3 Å². The lowest BCUT2D eigenvalue weighted by atomic mass is 9.84. The summed E-state index contributed by atoms with van der Waals surface area (Å²) in [6, 6.07) is 27.0. The van der Waals surface area contributed by atoms with Crippen molar-refractivity contribution in [3.8, 4) is 6.07 Å². The van der Waals surface area contributed by atoms with Gasteiger partial charge in [0, 0.05) is 32.7 Å². The predicted molar refractivity (Wildman–Crippen MR) is 123 cm³/mol. The minimum absolute atomic E-state index is 0.145. The first-order chi connectivity index (χ1) is 15.2. The first-order valence-corrected chi connectivity index (χ1v) is 10.7. The van der Waals surface area contributed by atoms with Gasteiger partial charge in [0.05, 0.1) is 17.6 Å². The van der Waals surface area contributed by atoms with Crippen molar-refractivity contribution in [2.45, 2.75) is 12.0 Å². The molecular formula is C26H17BrN2O2. The Morgan fingerprint density at radius 2 is 1.77 bits per heavy atom. The van der Waals surface area contributed by atoms with Crippen molar-refractivity contribution in [3.63, 3.8) is 0 Å². The summed E-state index contributed by atoms with van der Waals surface area (Å²) in [7, 11) is 0. The Bertz CT molecular complexity index is 1360. The Morgan fingerprint density at radius 1 is 1.00 bits per heavy atom. The van der Waals surface area contributed by atoms with Crippen LogP contribution < -0.4 is 0 Å². The number of hydrogen-bond acceptors (Lipinski definition) is 3. The summed E-state index contributed by atoms with van der Waals surface area (Å²) in [4.78, 5) is 16.7. The van der Waals surface area contributed by atoms with Gasteiger partial charge in [-0.2, -0.15) is 5.26 Å². The van der Waals surface area contributed by atoms with Gasteiger partial charge in [-0.15, -0.1) is 0 Å². The molecule has 0 amide bonds. The average Bonchev–Trinajstić information content (AvgIpc) is 3.40. The first-order valence-electron chi connectivity index (χ1n) is 9.89. The summed E-state index contributed by atoms with van der Waals surface area (Å²) in [5.41, 5.74) is 3.61. The zero-order valence-electron chi connectivity index (χ0n) is 16.4. The number of H-pyrrole nitrogens is 1. The molecule has 150 valence electrons. The third-order valence-corrected chi connectivity index (χ3v) is 6.08. The van der Waals surface area contributed by atoms with E-state index in [9.17, 15) is 10.1 Å². The van der Waals surface area contributed by atoms with Crippen LogP contribution in [0.1, 0.15) is 27.4 Å². The summed E-state index contributed by atoms with van der Waals surface area (Å²) in [5.74, 6) is -0.189. The van der Waals surface area contributed by atoms with Crippen molar-refractivity contribution in [3.05, 3.63) is 112 Å². The van der Waals surface area contributed by atoms with Crippen LogP contribution in [0.2, 0.25) is 0 Å². The normalized spacial score (nSPS) is 18.1. The van der Waals surface area contributed by atoms with Crippen LogP contribution in [0.4, 0.5) is 0 Å². The summed E-state index contributed by atoms with van der Waals surface area (Å²) in [6.45, 7) is 0. The number of Topliss-reactive ketones (excluding diaryl/α,β-unsaturated/α-hetero) is 1. The topological polar surface area (TPSA) is 65.9 Å². The Kier molecular flexibility index (Phi) is 4.93. The molecule has 1 aromatic heterocycles. The van der Waals surface area contributed by atoms with E-state index in [4.69, 9.17) is 4.74 Å². The van der Waals surface area contributed by atoms with Gasteiger partial charge in [-0.1, -0.05) is 76.6 Å². The molecule has 2 atom stereocenters. The van der Waals surface area contributed by atoms with E-state index in [0.29, 0.717) is 16.9 Å². The molecule has 1 aliphatic rings. The number of rotatable bonds is 4. The second kappa shape index (κ2) is 7.90. The number of benzene rings is 3. The van der Waals surface area contributed by atoms with Crippen LogP contribution in [0.15, 0.2) is 95.1 Å². The number of ketones is 1. The Morgan fingerprint density at radius 3 is 2.55 bits per heavy atom. The van der Waals surface area contributed by atoms with Crippen molar-refractivity contribution in [1.82, 2.24) is 4.98 Å². The molecule has 0 aliphatic carbocycles. The number of hydrogen-bond donors (Lipinski definition) is 1. The molecule has 0 spiro atoms. The number of nitrogens with one attached hydrogen (secondary N) is 1. The van der Waals surface area contributed by atoms with Crippen molar-refractivity contribution in [2.75, 3.05) is 0 Å². The number of fused-ring (bicyclic) bond motifs is 1. The maximum Gasteiger partial charge on any atom is 0.204 e. The van der Waals surface area contributed by atoms with Crippen LogP contribution in [-0.2, 0) is 4.74 Å². The molecule has 0 saturated carbocycles. The first kappa shape index (κ1) is 19.3. The number of para-hydroxylation sites is 1. The van der Waals surface area contributed by atoms with Gasteiger partial charge >= 0.3 is 0 Å². The molecule has 5 rings (SSSR count). The van der Waals surface area contributed by atoms with Gasteiger partial charge < -0.3 is 9.72 Å². The third kappa shape index (κ3) is 3.35. The van der Waals surface area contributed by atoms with E-state index in [1.807, 2.05) is 72.9 Å². The molecule has 0 radical (unpaired) electrons. The fourth-order valence-electron chi connectivity index (χ4n) is 4.15. The molecule has 5 heteroatoms. The maximum absolute atomic E-state index is 13.5. The van der Waals surface area contributed by atoms with Gasteiger partial charge in [0.1, 0.15) is 5.76 Å². The molecule has 1 N–H and O–H groups in total. The molecule has 3 aromatic carbocycles. The summed E-state index contributed by atoms with van der Waals surface area (Å²) in [5, 5.41) is 11.1. The Hall–Kier alpha value is -3.62. The number of nitriles is 1. The molecule has 31 heavy (non-hydrogen) atoms. The van der Waals surface area contributed by atoms with Gasteiger partial charge in [0.2, 0.25) is 5.78 Å². The standard InChI is InChI=1S/C26H17BrN2O2/c27-18-10-6-9-17(13-18)23-20(14-28)25(21-15-29-22-12-5-4-11-19(21)22)31-26(23)24(30)16-7-2-1-3-8-16/h1-13,15,23,26,29H/t23-,26-/m1/s1. The molecule has 2 heterocycles. The number of nitrogens with zero attached hydrogens (tertiary/aromatic N) is 1. The van der Waals surface area contributed by atoms with E-state index in [1.54, 1.807) is 12.1 Å². The number of carbonyl (C=O) groups excluding carboxylic acids is 1. The zero-order valence-corrected chi connectivity index (χ0v) is 18.0. The molecule has 4 nitrogen and oxygen atoms in total. The quantitative estimate of drug-likeness (QED) is 0.361. The highest BCUT2D eigenvalue weighted by atomic mass is 79.9. The number of aromatic nitrogens is 1. The van der Waals surface area contributed by atoms with Crippen LogP contribution in [-0.4, -0.2) is 16.9 Å². The van der Waals surface area contributed by atoms with Gasteiger partial charge in [0.25, 0.3) is 0 Å². The fourth-order valence-corrected chi connectivity index (χ4v) is 4.57. The van der Waals surface area contributed by atoms with Crippen LogP contribution in [0.3, 0.4) is 0 Å². The predicted octanol–water partition coefficient (Wildman–Crippen LogP) is 6.23. The van der Waals surface area contributed by atoms with E-state index in [0.717, 1.165) is 26.5 Å². The summed E-state index contributed by atoms with van der Waals surface area (Å²) in [6.07, 6.45) is 1.01. The van der Waals surface area contributed by atoms with Gasteiger partial charge in [-0.05, 0) is 23.8 Å². The van der Waals surface area contributed by atoms with E-state index < -0.39 is 12.0 Å². The van der Waals surface area contributed by atoms with Crippen molar-refractivity contribution in [2.24, 2.45) is 0 Å². The maximum atomic E-state index is 13.5. The molecule has 1 aliphatic heterocycles. The highest BCUT2D eigenvalue weighted by molar-refractivity contribution is 9.10. The van der Waals surface area contributed by atoms with Crippen LogP contribution in [0.5, 0.6) is 0 Å². The van der Waals surface area contributed by atoms with Crippen molar-refractivity contribution in [1.29, 1.82) is 5.26 Å². The highest BCUT2D eigenvalue weighted by Crippen LogP contribution is 2.45. The summed E-state index contributed by atoms with van der Waals surface area (Å²) < 4.78 is 7.20. The Balaban J connectivity index is 1.69. The Labute approximate surface area is 187 Å². The van der Waals surface area contributed by atoms with Gasteiger partial charge in [-0.3, -0.25) is 4.79 Å². The highest BCUT2D eigenvalue weighted by Gasteiger charge is 2.43. The molecule has 0 unspecified atom stereocenters. The van der Waals surface area contributed by atoms with Crippen LogP contribution in [0.25, 0.3) is 16.7 Å². The third-order valence-electron chi connectivity index (χ3n) is 5.58. The largest absolute Gasteiger partial charge is 0.479 e. The number of halogens is 1. The zero-order chi connectivity index (χ0) is 21.4. The number of carbonyl (C=O) groups is 1.